The third-order valence-electron chi connectivity index (χ3n) is 12.1. The second-order valence-corrected chi connectivity index (χ2v) is 16.7. The molecule has 3 aromatic rings. The fraction of sp³-hybridized carbons (Fsp3) is 0.478. The monoisotopic (exact) mass is 852 g/mol. The third-order valence-corrected chi connectivity index (χ3v) is 12.1. The van der Waals surface area contributed by atoms with Crippen molar-refractivity contribution >= 4 is 47.2 Å². The predicted octanol–water partition coefficient (Wildman–Crippen LogP) is 4.85. The summed E-state index contributed by atoms with van der Waals surface area (Å²) in [6, 6.07) is 11.8. The van der Waals surface area contributed by atoms with Gasteiger partial charge in [-0.25, -0.2) is 9.69 Å². The van der Waals surface area contributed by atoms with Crippen molar-refractivity contribution in [2.24, 2.45) is 16.6 Å². The number of hydrogen-bond acceptors (Lipinski definition) is 12. The van der Waals surface area contributed by atoms with E-state index in [1.54, 1.807) is 72.4 Å². The van der Waals surface area contributed by atoms with Crippen molar-refractivity contribution in [1.29, 1.82) is 0 Å². The van der Waals surface area contributed by atoms with Crippen molar-refractivity contribution in [3.05, 3.63) is 76.3 Å². The van der Waals surface area contributed by atoms with E-state index in [1.165, 1.54) is 0 Å². The number of aliphatic hydroxyl groups is 1. The van der Waals surface area contributed by atoms with Crippen molar-refractivity contribution in [1.82, 2.24) is 15.1 Å². The quantitative estimate of drug-likeness (QED) is 0.157. The number of methoxy groups -OCH3 is 1. The minimum absolute atomic E-state index is 0.0295. The topological polar surface area (TPSA) is 203 Å². The Morgan fingerprint density at radius 3 is 2.19 bits per heavy atom. The Kier molecular flexibility index (Phi) is 13.5. The zero-order valence-corrected chi connectivity index (χ0v) is 35.9. The van der Waals surface area contributed by atoms with Crippen molar-refractivity contribution in [2.75, 3.05) is 38.3 Å². The van der Waals surface area contributed by atoms with Crippen molar-refractivity contribution in [3.63, 3.8) is 0 Å². The van der Waals surface area contributed by atoms with Gasteiger partial charge in [-0.2, -0.15) is 0 Å². The van der Waals surface area contributed by atoms with E-state index in [0.29, 0.717) is 78.8 Å². The number of Topliss-reactive ketones (excluding diaryl/α,β-unsaturated/α-hetero) is 1. The summed E-state index contributed by atoms with van der Waals surface area (Å²) in [7, 11) is 1.54. The van der Waals surface area contributed by atoms with Gasteiger partial charge in [0, 0.05) is 37.9 Å². The summed E-state index contributed by atoms with van der Waals surface area (Å²) in [4.78, 5) is 74.6. The molecular weight excluding hydrogens is 797 g/mol. The van der Waals surface area contributed by atoms with Crippen LogP contribution in [0.2, 0.25) is 0 Å². The zero-order chi connectivity index (χ0) is 44.2. The molecule has 2 fully saturated rings. The fourth-order valence-corrected chi connectivity index (χ4v) is 7.84. The van der Waals surface area contributed by atoms with E-state index in [1.807, 2.05) is 27.0 Å². The summed E-state index contributed by atoms with van der Waals surface area (Å²) in [5.41, 5.74) is 9.52. The van der Waals surface area contributed by atoms with Crippen LogP contribution in [-0.2, 0) is 27.4 Å². The summed E-state index contributed by atoms with van der Waals surface area (Å²) >= 11 is 0. The highest BCUT2D eigenvalue weighted by atomic mass is 16.6. The van der Waals surface area contributed by atoms with Crippen LogP contribution in [0, 0.1) is 12.8 Å². The van der Waals surface area contributed by atoms with Crippen LogP contribution in [0.3, 0.4) is 0 Å². The van der Waals surface area contributed by atoms with Gasteiger partial charge >= 0.3 is 6.09 Å². The number of carbonyl (C=O) groups excluding carboxylic acids is 5. The zero-order valence-electron chi connectivity index (χ0n) is 35.9. The highest BCUT2D eigenvalue weighted by Crippen LogP contribution is 2.40. The Hall–Kier alpha value is -6.00. The van der Waals surface area contributed by atoms with Crippen LogP contribution in [-0.4, -0.2) is 115 Å². The molecule has 7 rings (SSSR count). The SMILES string of the molecule is COc1cc2c(cc1OCCCCCOc1cc3c(cc1C)C(=O)N1CC[C@H]1[C@H](O)N3C(=O)OCc1ccc(CC(=O)[C@H](C)NC(=O)[C@@H](N)C(C)C)cc1)N=C[C@@H]1CCN1C2=O. The summed E-state index contributed by atoms with van der Waals surface area (Å²) in [5, 5.41) is 14.2. The smallest absolute Gasteiger partial charge is 0.416 e. The summed E-state index contributed by atoms with van der Waals surface area (Å²) in [6.07, 6.45) is 3.34. The van der Waals surface area contributed by atoms with Gasteiger partial charge in [0.05, 0.1) is 67.0 Å². The Morgan fingerprint density at radius 1 is 0.871 bits per heavy atom. The normalized spacial score (nSPS) is 19.7. The van der Waals surface area contributed by atoms with Gasteiger partial charge in [-0.15, -0.1) is 0 Å². The van der Waals surface area contributed by atoms with Crippen LogP contribution in [0.15, 0.2) is 53.5 Å². The molecule has 16 heteroatoms. The van der Waals surface area contributed by atoms with E-state index in [9.17, 15) is 29.1 Å². The molecule has 0 radical (unpaired) electrons. The minimum atomic E-state index is -1.35. The number of amides is 4. The van der Waals surface area contributed by atoms with Crippen LogP contribution in [0.1, 0.15) is 90.3 Å². The van der Waals surface area contributed by atoms with Crippen LogP contribution >= 0.6 is 0 Å². The molecule has 2 saturated heterocycles. The fourth-order valence-electron chi connectivity index (χ4n) is 7.84. The lowest BCUT2D eigenvalue weighted by molar-refractivity contribution is -0.128. The van der Waals surface area contributed by atoms with E-state index in [4.69, 9.17) is 24.7 Å². The van der Waals surface area contributed by atoms with Crippen LogP contribution in [0.4, 0.5) is 16.2 Å². The number of aliphatic imine (C=N–C) groups is 1. The maximum Gasteiger partial charge on any atom is 0.416 e. The van der Waals surface area contributed by atoms with Crippen LogP contribution in [0.25, 0.3) is 0 Å². The molecule has 0 bridgehead atoms. The van der Waals surface area contributed by atoms with Crippen molar-refractivity contribution in [2.45, 2.75) is 103 Å². The molecule has 4 heterocycles. The average molecular weight is 853 g/mol. The van der Waals surface area contributed by atoms with Gasteiger partial charge < -0.3 is 44.9 Å². The number of ether oxygens (including phenoxy) is 4. The molecule has 0 spiro atoms. The predicted molar refractivity (Wildman–Crippen MR) is 230 cm³/mol. The number of rotatable bonds is 17. The molecule has 0 aromatic heterocycles. The molecule has 62 heavy (non-hydrogen) atoms. The van der Waals surface area contributed by atoms with E-state index in [0.717, 1.165) is 29.7 Å². The summed E-state index contributed by atoms with van der Waals surface area (Å²) < 4.78 is 23.5. The Morgan fingerprint density at radius 2 is 1.55 bits per heavy atom. The first-order valence-electron chi connectivity index (χ1n) is 21.3. The van der Waals surface area contributed by atoms with E-state index >= 15 is 0 Å². The van der Waals surface area contributed by atoms with Crippen molar-refractivity contribution in [3.8, 4) is 17.2 Å². The number of aryl methyl sites for hydroxylation is 1. The molecular formula is C46H56N6O10. The number of ketones is 1. The summed E-state index contributed by atoms with van der Waals surface area (Å²) in [6.45, 7) is 8.94. The third kappa shape index (κ3) is 9.26. The van der Waals surface area contributed by atoms with Gasteiger partial charge in [-0.3, -0.25) is 24.2 Å². The number of benzene rings is 3. The molecule has 0 saturated carbocycles. The first-order chi connectivity index (χ1) is 29.7. The lowest BCUT2D eigenvalue weighted by Crippen LogP contribution is -2.60. The second kappa shape index (κ2) is 18.9. The first-order valence-corrected chi connectivity index (χ1v) is 21.3. The first kappa shape index (κ1) is 44.1. The van der Waals surface area contributed by atoms with E-state index in [2.05, 4.69) is 10.3 Å². The standard InChI is InChI=1S/C46H56N6O10/c1-26(2)41(47)42(54)49-28(4)37(53)20-29-9-11-30(12-10-29)25-62-46(58)52-36-23-38(27(3)19-33(36)44(56)51-16-14-35(51)45(52)57)60-17-7-6-8-18-61-40-22-34-32(21-39(40)59-5)43(55)50-15-13-31(50)24-48-34/h9-12,19,21-24,26,28,31,35,41,45,57H,6-8,13-18,20,25,47H2,1-5H3,(H,49,54)/t28-,31-,35-,41-,45-/m0/s1. The highest BCUT2D eigenvalue weighted by molar-refractivity contribution is 6.06. The lowest BCUT2D eigenvalue weighted by atomic mass is 10.0. The Bertz CT molecular complexity index is 2230. The molecule has 0 aliphatic carbocycles. The number of carbonyl (C=O) groups is 5. The molecule has 0 unspecified atom stereocenters. The molecule has 330 valence electrons. The van der Waals surface area contributed by atoms with Crippen LogP contribution in [0.5, 0.6) is 17.2 Å². The minimum Gasteiger partial charge on any atom is -0.493 e. The molecule has 3 aromatic carbocycles. The van der Waals surface area contributed by atoms with Crippen LogP contribution < -0.4 is 30.2 Å². The van der Waals surface area contributed by atoms with Gasteiger partial charge in [0.2, 0.25) is 5.91 Å². The maximum atomic E-state index is 13.8. The number of anilines is 1. The molecule has 4 aliphatic heterocycles. The average Bonchev–Trinajstić information content (AvgIpc) is 3.34. The highest BCUT2D eigenvalue weighted by Gasteiger charge is 2.47. The molecule has 4 aliphatic rings. The Labute approximate surface area is 361 Å². The second-order valence-electron chi connectivity index (χ2n) is 16.7. The lowest BCUT2D eigenvalue weighted by Gasteiger charge is -2.43. The molecule has 5 atom stereocenters. The van der Waals surface area contributed by atoms with Crippen molar-refractivity contribution < 1.29 is 48.0 Å². The number of nitrogens with zero attached hydrogens (tertiary/aromatic N) is 4. The Balaban J connectivity index is 0.934. The van der Waals surface area contributed by atoms with Gasteiger partial charge in [-0.1, -0.05) is 38.1 Å². The molecule has 4 N–H and O–H groups in total. The summed E-state index contributed by atoms with van der Waals surface area (Å²) in [5.74, 6) is 0.511. The number of hydrogen-bond donors (Lipinski definition) is 3. The largest absolute Gasteiger partial charge is 0.493 e. The molecule has 4 amide bonds. The van der Waals surface area contributed by atoms with Gasteiger partial charge in [0.25, 0.3) is 11.8 Å². The number of nitrogens with two attached hydrogens (primary N) is 1. The van der Waals surface area contributed by atoms with Gasteiger partial charge in [0.15, 0.2) is 23.5 Å². The number of nitrogens with one attached hydrogen (secondary N) is 1. The van der Waals surface area contributed by atoms with E-state index < -0.39 is 30.4 Å². The maximum absolute atomic E-state index is 13.8. The number of fused-ring (bicyclic) bond motifs is 4. The number of aliphatic hydroxyl groups excluding tert-OH is 1. The number of unbranched alkanes of at least 4 members (excludes halogenated alkanes) is 2. The van der Waals surface area contributed by atoms with Gasteiger partial charge in [-0.05, 0) is 80.7 Å². The van der Waals surface area contributed by atoms with Gasteiger partial charge in [0.1, 0.15) is 12.4 Å². The van der Waals surface area contributed by atoms with E-state index in [-0.39, 0.29) is 59.7 Å². The molecule has 16 nitrogen and oxygen atoms in total.